The number of azide groups is 1. The minimum atomic E-state index is 0.215. The largest absolute Gasteiger partial charge is 0.342 e. The van der Waals surface area contributed by atoms with Gasteiger partial charge in [-0.15, -0.1) is 0 Å². The van der Waals surface area contributed by atoms with Crippen LogP contribution in [0.1, 0.15) is 39.0 Å². The van der Waals surface area contributed by atoms with Gasteiger partial charge in [0.15, 0.2) is 0 Å². The van der Waals surface area contributed by atoms with E-state index in [1.807, 2.05) is 4.90 Å². The maximum absolute atomic E-state index is 11.9. The predicted molar refractivity (Wildman–Crippen MR) is 78.2 cm³/mol. The molecule has 6 heteroatoms. The van der Waals surface area contributed by atoms with Gasteiger partial charge >= 0.3 is 0 Å². The van der Waals surface area contributed by atoms with Gasteiger partial charge in [-0.1, -0.05) is 11.5 Å². The number of carbonyl (C=O) groups excluding carboxylic acids is 1. The highest BCUT2D eigenvalue weighted by atomic mass is 16.2. The van der Waals surface area contributed by atoms with E-state index in [0.717, 1.165) is 26.1 Å². The normalized spacial score (nSPS) is 27.6. The molecule has 2 rings (SSSR count). The Bertz CT molecular complexity index is 380. The number of hydrogen-bond acceptors (Lipinski definition) is 3. The van der Waals surface area contributed by atoms with Crippen LogP contribution < -0.4 is 0 Å². The molecule has 0 saturated carbocycles. The lowest BCUT2D eigenvalue weighted by molar-refractivity contribution is -0.127. The average molecular weight is 279 g/mol. The first-order valence-corrected chi connectivity index (χ1v) is 7.73. The molecular formula is C14H25N5O. The van der Waals surface area contributed by atoms with Crippen LogP contribution in [0.15, 0.2) is 5.11 Å². The molecule has 0 spiro atoms. The van der Waals surface area contributed by atoms with Crippen LogP contribution in [-0.2, 0) is 4.79 Å². The number of nitrogens with zero attached hydrogens (tertiary/aromatic N) is 5. The molecule has 0 aromatic rings. The van der Waals surface area contributed by atoms with Crippen molar-refractivity contribution in [2.75, 3.05) is 32.7 Å². The molecule has 0 radical (unpaired) electrons. The zero-order chi connectivity index (χ0) is 14.4. The van der Waals surface area contributed by atoms with Crippen LogP contribution in [0.2, 0.25) is 0 Å². The number of rotatable bonds is 6. The van der Waals surface area contributed by atoms with Crippen molar-refractivity contribution in [1.29, 1.82) is 0 Å². The lowest BCUT2D eigenvalue weighted by Crippen LogP contribution is -2.39. The molecule has 2 atom stereocenters. The van der Waals surface area contributed by atoms with E-state index in [9.17, 15) is 4.79 Å². The van der Waals surface area contributed by atoms with Gasteiger partial charge in [0, 0.05) is 43.6 Å². The highest BCUT2D eigenvalue weighted by Gasteiger charge is 2.28. The summed E-state index contributed by atoms with van der Waals surface area (Å²) in [5.74, 6) is 0.433. The minimum absolute atomic E-state index is 0.215. The van der Waals surface area contributed by atoms with Crippen LogP contribution in [0, 0.1) is 5.92 Å². The standard InChI is InChI=1S/C14H25N5O/c1-12-5-2-3-6-18(12)7-4-8-19-11-13(9-14(19)20)10-16-17-15/h12-13H,2-11H2,1H3. The van der Waals surface area contributed by atoms with Crippen molar-refractivity contribution in [1.82, 2.24) is 9.80 Å². The summed E-state index contributed by atoms with van der Waals surface area (Å²) >= 11 is 0. The Morgan fingerprint density at radius 1 is 1.40 bits per heavy atom. The fourth-order valence-electron chi connectivity index (χ4n) is 3.30. The van der Waals surface area contributed by atoms with E-state index in [4.69, 9.17) is 5.53 Å². The molecule has 1 amide bonds. The van der Waals surface area contributed by atoms with Crippen LogP contribution in [0.4, 0.5) is 0 Å². The third-order valence-corrected chi connectivity index (χ3v) is 4.51. The van der Waals surface area contributed by atoms with Crippen LogP contribution in [0.5, 0.6) is 0 Å². The summed E-state index contributed by atoms with van der Waals surface area (Å²) in [6, 6.07) is 0.691. The zero-order valence-electron chi connectivity index (χ0n) is 12.4. The lowest BCUT2D eigenvalue weighted by atomic mass is 10.0. The molecule has 112 valence electrons. The number of carbonyl (C=O) groups is 1. The van der Waals surface area contributed by atoms with Crippen molar-refractivity contribution in [2.45, 2.75) is 45.1 Å². The van der Waals surface area contributed by atoms with E-state index >= 15 is 0 Å². The Balaban J connectivity index is 1.68. The first-order chi connectivity index (χ1) is 9.70. The van der Waals surface area contributed by atoms with Gasteiger partial charge in [0.2, 0.25) is 5.91 Å². The van der Waals surface area contributed by atoms with Crippen LogP contribution in [0.25, 0.3) is 10.4 Å². The molecule has 2 aliphatic rings. The first kappa shape index (κ1) is 15.1. The summed E-state index contributed by atoms with van der Waals surface area (Å²) in [7, 11) is 0. The highest BCUT2D eigenvalue weighted by Crippen LogP contribution is 2.20. The second-order valence-corrected chi connectivity index (χ2v) is 6.06. The summed E-state index contributed by atoms with van der Waals surface area (Å²) < 4.78 is 0. The topological polar surface area (TPSA) is 72.3 Å². The van der Waals surface area contributed by atoms with Crippen molar-refractivity contribution >= 4 is 5.91 Å². The molecule has 6 nitrogen and oxygen atoms in total. The third kappa shape index (κ3) is 4.12. The van der Waals surface area contributed by atoms with Crippen molar-refractivity contribution < 1.29 is 4.79 Å². The third-order valence-electron chi connectivity index (χ3n) is 4.51. The summed E-state index contributed by atoms with van der Waals surface area (Å²) in [5.41, 5.74) is 8.32. The molecule has 2 saturated heterocycles. The molecule has 0 bridgehead atoms. The maximum Gasteiger partial charge on any atom is 0.222 e. The van der Waals surface area contributed by atoms with Gasteiger partial charge in [-0.3, -0.25) is 4.79 Å². The number of hydrogen-bond donors (Lipinski definition) is 0. The second-order valence-electron chi connectivity index (χ2n) is 6.06. The van der Waals surface area contributed by atoms with Gasteiger partial charge in [-0.05, 0) is 44.2 Å². The van der Waals surface area contributed by atoms with Gasteiger partial charge in [-0.25, -0.2) is 0 Å². The molecule has 2 aliphatic heterocycles. The molecule has 0 aromatic heterocycles. The van der Waals surface area contributed by atoms with Crippen molar-refractivity contribution in [3.05, 3.63) is 10.4 Å². The average Bonchev–Trinajstić information content (AvgIpc) is 2.79. The molecule has 2 fully saturated rings. The maximum atomic E-state index is 11.9. The van der Waals surface area contributed by atoms with E-state index in [1.54, 1.807) is 0 Å². The van der Waals surface area contributed by atoms with E-state index < -0.39 is 0 Å². The molecule has 20 heavy (non-hydrogen) atoms. The van der Waals surface area contributed by atoms with Crippen LogP contribution in [-0.4, -0.2) is 54.5 Å². The molecule has 2 heterocycles. The molecular weight excluding hydrogens is 254 g/mol. The Morgan fingerprint density at radius 2 is 2.25 bits per heavy atom. The van der Waals surface area contributed by atoms with Gasteiger partial charge in [0.1, 0.15) is 0 Å². The SMILES string of the molecule is CC1CCCCN1CCCN1CC(CN=[N+]=[N-])CC1=O. The molecule has 0 N–H and O–H groups in total. The van der Waals surface area contributed by atoms with Gasteiger partial charge < -0.3 is 9.80 Å². The highest BCUT2D eigenvalue weighted by molar-refractivity contribution is 5.78. The Labute approximate surface area is 120 Å². The molecule has 2 unspecified atom stereocenters. The minimum Gasteiger partial charge on any atom is -0.342 e. The van der Waals surface area contributed by atoms with Gasteiger partial charge in [-0.2, -0.15) is 0 Å². The fourth-order valence-corrected chi connectivity index (χ4v) is 3.30. The van der Waals surface area contributed by atoms with Crippen molar-refractivity contribution in [3.8, 4) is 0 Å². The van der Waals surface area contributed by atoms with E-state index in [1.165, 1.54) is 25.8 Å². The molecule has 0 aliphatic carbocycles. The quantitative estimate of drug-likeness (QED) is 0.425. The predicted octanol–water partition coefficient (Wildman–Crippen LogP) is 2.41. The van der Waals surface area contributed by atoms with Crippen LogP contribution >= 0.6 is 0 Å². The monoisotopic (exact) mass is 279 g/mol. The van der Waals surface area contributed by atoms with Crippen molar-refractivity contribution in [2.24, 2.45) is 11.0 Å². The summed E-state index contributed by atoms with van der Waals surface area (Å²) in [6.07, 6.45) is 5.55. The number of likely N-dealkylation sites (tertiary alicyclic amines) is 2. The summed E-state index contributed by atoms with van der Waals surface area (Å²) in [6.45, 7) is 6.64. The van der Waals surface area contributed by atoms with Gasteiger partial charge in [0.25, 0.3) is 0 Å². The Morgan fingerprint density at radius 3 is 3.00 bits per heavy atom. The number of amides is 1. The number of piperidine rings is 1. The lowest BCUT2D eigenvalue weighted by Gasteiger charge is -2.33. The van der Waals surface area contributed by atoms with E-state index in [0.29, 0.717) is 19.0 Å². The second kappa shape index (κ2) is 7.50. The first-order valence-electron chi connectivity index (χ1n) is 7.73. The summed E-state index contributed by atoms with van der Waals surface area (Å²) in [4.78, 5) is 19.1. The van der Waals surface area contributed by atoms with Crippen LogP contribution in [0.3, 0.4) is 0 Å². The Kier molecular flexibility index (Phi) is 5.68. The zero-order valence-corrected chi connectivity index (χ0v) is 12.4. The van der Waals surface area contributed by atoms with E-state index in [2.05, 4.69) is 21.8 Å². The Hall–Kier alpha value is -1.26. The fraction of sp³-hybridized carbons (Fsp3) is 0.929. The molecule has 0 aromatic carbocycles. The van der Waals surface area contributed by atoms with Gasteiger partial charge in [0.05, 0.1) is 0 Å². The smallest absolute Gasteiger partial charge is 0.222 e. The summed E-state index contributed by atoms with van der Waals surface area (Å²) in [5, 5.41) is 3.58. The van der Waals surface area contributed by atoms with E-state index in [-0.39, 0.29) is 11.8 Å². The van der Waals surface area contributed by atoms with Crippen molar-refractivity contribution in [3.63, 3.8) is 0 Å².